The maximum Gasteiger partial charge on any atom is 0.300 e. The Morgan fingerprint density at radius 3 is 1.26 bits per heavy atom. The first-order valence-electron chi connectivity index (χ1n) is 6.88. The Hall–Kier alpha value is -1.10. The Balaban J connectivity index is 0.000000192. The Morgan fingerprint density at radius 1 is 0.895 bits per heavy atom. The first-order valence-corrected chi connectivity index (χ1v) is 6.88. The van der Waals surface area contributed by atoms with Crippen molar-refractivity contribution >= 4 is 11.9 Å². The molecule has 4 saturated carbocycles. The summed E-state index contributed by atoms with van der Waals surface area (Å²) in [4.78, 5) is 18.0. The van der Waals surface area contributed by atoms with Gasteiger partial charge in [0.15, 0.2) is 0 Å². The van der Waals surface area contributed by atoms with Crippen molar-refractivity contribution in [1.82, 2.24) is 0 Å². The van der Waals surface area contributed by atoms with Crippen molar-refractivity contribution in [2.45, 2.75) is 57.9 Å². The predicted molar refractivity (Wildman–Crippen MR) is 71.7 cm³/mol. The molecule has 0 aromatic carbocycles. The molecule has 5 heteroatoms. The fourth-order valence-corrected chi connectivity index (χ4v) is 4.18. The molecule has 0 aliphatic heterocycles. The normalized spacial score (nSPS) is 37.5. The predicted octanol–water partition coefficient (Wildman–Crippen LogP) is 2.10. The van der Waals surface area contributed by atoms with Gasteiger partial charge >= 0.3 is 0 Å². The van der Waals surface area contributed by atoms with Gasteiger partial charge in [-0.05, 0) is 56.3 Å². The summed E-state index contributed by atoms with van der Waals surface area (Å²) in [6, 6.07) is 0. The number of aliphatic carboxylic acids is 2. The van der Waals surface area contributed by atoms with Gasteiger partial charge in [0.2, 0.25) is 0 Å². The topological polar surface area (TPSA) is 101 Å². The first-order chi connectivity index (χ1) is 8.70. The fraction of sp³-hybridized carbons (Fsp3) is 0.857. The Bertz CT molecular complexity index is 285. The molecule has 0 spiro atoms. The van der Waals surface area contributed by atoms with E-state index in [0.717, 1.165) is 31.6 Å². The monoisotopic (exact) mass is 271 g/mol. The van der Waals surface area contributed by atoms with Crippen LogP contribution in [0.3, 0.4) is 0 Å². The van der Waals surface area contributed by atoms with Gasteiger partial charge in [-0.3, -0.25) is 9.59 Å². The van der Waals surface area contributed by atoms with Crippen molar-refractivity contribution in [2.75, 3.05) is 0 Å². The third-order valence-electron chi connectivity index (χ3n) is 4.09. The second-order valence-electron chi connectivity index (χ2n) is 6.32. The van der Waals surface area contributed by atoms with Crippen LogP contribution < -0.4 is 5.73 Å². The number of rotatable bonds is 0. The van der Waals surface area contributed by atoms with E-state index < -0.39 is 11.9 Å². The van der Waals surface area contributed by atoms with Crippen molar-refractivity contribution in [2.24, 2.45) is 23.5 Å². The molecule has 4 bridgehead atoms. The summed E-state index contributed by atoms with van der Waals surface area (Å²) in [5.74, 6) is 1.39. The lowest BCUT2D eigenvalue weighted by Crippen LogP contribution is -2.55. The van der Waals surface area contributed by atoms with Crippen LogP contribution in [0.5, 0.6) is 0 Å². The number of carboxylic acids is 2. The van der Waals surface area contributed by atoms with E-state index in [2.05, 4.69) is 0 Å². The van der Waals surface area contributed by atoms with E-state index in [-0.39, 0.29) is 0 Å². The molecule has 4 fully saturated rings. The number of carbonyl (C=O) groups is 2. The standard InChI is InChI=1S/C10H17N.2C2H4O2/c11-10-4-7-1-8(5-10)3-9(2-7)6-10;2*1-2(3)4/h7-9H,1-6,11H2;2*1H3,(H,3,4). The van der Waals surface area contributed by atoms with E-state index in [1.54, 1.807) is 0 Å². The zero-order chi connectivity index (χ0) is 14.6. The molecule has 0 unspecified atom stereocenters. The van der Waals surface area contributed by atoms with Crippen LogP contribution in [-0.2, 0) is 9.59 Å². The smallest absolute Gasteiger partial charge is 0.300 e. The molecule has 4 aliphatic carbocycles. The lowest BCUT2D eigenvalue weighted by Gasteiger charge is -2.55. The Morgan fingerprint density at radius 2 is 1.11 bits per heavy atom. The van der Waals surface area contributed by atoms with Gasteiger partial charge in [0.25, 0.3) is 11.9 Å². The number of carboxylic acid groups (broad SMARTS) is 2. The zero-order valence-electron chi connectivity index (χ0n) is 11.8. The Labute approximate surface area is 114 Å². The summed E-state index contributed by atoms with van der Waals surface area (Å²) in [5, 5.41) is 14.8. The van der Waals surface area contributed by atoms with Crippen molar-refractivity contribution in [1.29, 1.82) is 0 Å². The van der Waals surface area contributed by atoms with Gasteiger partial charge in [0, 0.05) is 19.4 Å². The fourth-order valence-electron chi connectivity index (χ4n) is 4.18. The minimum Gasteiger partial charge on any atom is -0.481 e. The van der Waals surface area contributed by atoms with Gasteiger partial charge in [-0.1, -0.05) is 0 Å². The molecule has 0 aromatic heterocycles. The van der Waals surface area contributed by atoms with Crippen molar-refractivity contribution in [3.63, 3.8) is 0 Å². The maximum atomic E-state index is 9.00. The van der Waals surface area contributed by atoms with Gasteiger partial charge in [0.05, 0.1) is 0 Å². The van der Waals surface area contributed by atoms with Crippen LogP contribution >= 0.6 is 0 Å². The molecular formula is C14H25NO4. The van der Waals surface area contributed by atoms with Crippen LogP contribution in [0.15, 0.2) is 0 Å². The lowest BCUT2D eigenvalue weighted by atomic mass is 9.53. The molecule has 0 amide bonds. The first kappa shape index (κ1) is 16.0. The molecule has 5 nitrogen and oxygen atoms in total. The van der Waals surface area contributed by atoms with Crippen LogP contribution in [0, 0.1) is 17.8 Å². The van der Waals surface area contributed by atoms with Crippen LogP contribution in [-0.4, -0.2) is 27.7 Å². The summed E-state index contributed by atoms with van der Waals surface area (Å²) in [7, 11) is 0. The summed E-state index contributed by atoms with van der Waals surface area (Å²) in [5.41, 5.74) is 6.62. The molecule has 0 atom stereocenters. The van der Waals surface area contributed by atoms with E-state index in [0.29, 0.717) is 5.54 Å². The quantitative estimate of drug-likeness (QED) is 0.626. The summed E-state index contributed by atoms with van der Waals surface area (Å²) in [6.07, 6.45) is 8.57. The van der Waals surface area contributed by atoms with Crippen LogP contribution in [0.1, 0.15) is 52.4 Å². The highest BCUT2D eigenvalue weighted by molar-refractivity contribution is 5.63. The average Bonchev–Trinajstić information content (AvgIpc) is 2.09. The molecule has 0 radical (unpaired) electrons. The van der Waals surface area contributed by atoms with E-state index >= 15 is 0 Å². The van der Waals surface area contributed by atoms with E-state index in [1.807, 2.05) is 0 Å². The van der Waals surface area contributed by atoms with Gasteiger partial charge in [-0.25, -0.2) is 0 Å². The van der Waals surface area contributed by atoms with Gasteiger partial charge < -0.3 is 15.9 Å². The molecule has 4 N–H and O–H groups in total. The van der Waals surface area contributed by atoms with Crippen molar-refractivity contribution in [3.05, 3.63) is 0 Å². The van der Waals surface area contributed by atoms with Crippen molar-refractivity contribution < 1.29 is 19.8 Å². The molecule has 110 valence electrons. The van der Waals surface area contributed by atoms with E-state index in [4.69, 9.17) is 25.5 Å². The highest BCUT2D eigenvalue weighted by Crippen LogP contribution is 2.54. The molecular weight excluding hydrogens is 246 g/mol. The number of hydrogen-bond acceptors (Lipinski definition) is 3. The summed E-state index contributed by atoms with van der Waals surface area (Å²) < 4.78 is 0. The largest absolute Gasteiger partial charge is 0.481 e. The third-order valence-corrected chi connectivity index (χ3v) is 4.09. The molecule has 4 rings (SSSR count). The van der Waals surface area contributed by atoms with Gasteiger partial charge in [-0.15, -0.1) is 0 Å². The zero-order valence-corrected chi connectivity index (χ0v) is 11.8. The van der Waals surface area contributed by atoms with Gasteiger partial charge in [-0.2, -0.15) is 0 Å². The molecule has 19 heavy (non-hydrogen) atoms. The van der Waals surface area contributed by atoms with Crippen LogP contribution in [0.4, 0.5) is 0 Å². The second kappa shape index (κ2) is 6.37. The van der Waals surface area contributed by atoms with Gasteiger partial charge in [0.1, 0.15) is 0 Å². The van der Waals surface area contributed by atoms with Crippen molar-refractivity contribution in [3.8, 4) is 0 Å². The molecule has 0 aromatic rings. The maximum absolute atomic E-state index is 9.00. The molecule has 4 aliphatic rings. The minimum absolute atomic E-state index is 0.300. The SMILES string of the molecule is CC(=O)O.CC(=O)O.NC12CC3CC(CC(C3)C1)C2. The lowest BCUT2D eigenvalue weighted by molar-refractivity contribution is -0.135. The minimum atomic E-state index is -0.833. The highest BCUT2D eigenvalue weighted by Gasteiger charge is 2.48. The summed E-state index contributed by atoms with van der Waals surface area (Å²) >= 11 is 0. The third kappa shape index (κ3) is 5.59. The average molecular weight is 271 g/mol. The highest BCUT2D eigenvalue weighted by atomic mass is 16.4. The van der Waals surface area contributed by atoms with E-state index in [1.165, 1.54) is 38.5 Å². The number of hydrogen-bond donors (Lipinski definition) is 3. The summed E-state index contributed by atoms with van der Waals surface area (Å²) in [6.45, 7) is 2.17. The Kier molecular flexibility index (Phi) is 5.35. The molecule has 0 saturated heterocycles. The second-order valence-corrected chi connectivity index (χ2v) is 6.32. The van der Waals surface area contributed by atoms with Crippen LogP contribution in [0.2, 0.25) is 0 Å². The molecule has 0 heterocycles. The van der Waals surface area contributed by atoms with E-state index in [9.17, 15) is 0 Å². The van der Waals surface area contributed by atoms with Crippen LogP contribution in [0.25, 0.3) is 0 Å². The number of nitrogens with two attached hydrogens (primary N) is 1.